The van der Waals surface area contributed by atoms with Gasteiger partial charge in [0.15, 0.2) is 11.3 Å². The normalized spacial score (nSPS) is 20.0. The minimum atomic E-state index is -3.59. The number of nitrogens with zero attached hydrogens (tertiary/aromatic N) is 11. The van der Waals surface area contributed by atoms with Crippen molar-refractivity contribution in [3.63, 3.8) is 0 Å². The summed E-state index contributed by atoms with van der Waals surface area (Å²) in [5, 5.41) is 10.9. The fourth-order valence-corrected chi connectivity index (χ4v) is 13.6. The molecule has 0 unspecified atom stereocenters. The Morgan fingerprint density at radius 1 is 0.538 bits per heavy atom. The van der Waals surface area contributed by atoms with Crippen LogP contribution in [0.2, 0.25) is 15.2 Å². The Morgan fingerprint density at radius 3 is 1.34 bits per heavy atom. The van der Waals surface area contributed by atoms with Gasteiger partial charge >= 0.3 is 23.1 Å². The van der Waals surface area contributed by atoms with Crippen molar-refractivity contribution in [2.75, 3.05) is 129 Å². The molecule has 2 N–H and O–H groups in total. The van der Waals surface area contributed by atoms with Crippen LogP contribution in [-0.4, -0.2) is 200 Å². The number of alkyl halides is 1. The molecule has 0 radical (unpaired) electrons. The molecular formula is C61H80Br2Cl3MgN13O9S2. The number of hydrogen-bond acceptors (Lipinski definition) is 16. The van der Waals surface area contributed by atoms with E-state index >= 15 is 0 Å². The summed E-state index contributed by atoms with van der Waals surface area (Å²) >= 11 is 22.2. The summed E-state index contributed by atoms with van der Waals surface area (Å²) in [6.07, 6.45) is 21.6. The molecule has 30 heteroatoms. The molecule has 0 bridgehead atoms. The number of likely N-dealkylation sites (tertiary alicyclic amines) is 2. The largest absolute Gasteiger partial charge is 2.00 e. The van der Waals surface area contributed by atoms with Gasteiger partial charge in [-0.15, -0.1) is 6.42 Å². The van der Waals surface area contributed by atoms with Gasteiger partial charge in [-0.1, -0.05) is 57.2 Å². The summed E-state index contributed by atoms with van der Waals surface area (Å²) in [5.41, 5.74) is 3.62. The monoisotopic (exact) mass is 1490 g/mol. The topological polar surface area (TPSA) is 231 Å². The standard InChI is InChI=1S/C26H32ClN7O4S.C23H26Cl2N6O4S.C4H7Br.C4H8O.C4H7.BrH.Mg/c1-39(36,37)30-20-7-6-18(27)15-19(20)26(35)33-10-3-2-5-22(33)21-16-24-28-23(31-8-4-9-31)17-25(34(24)29-21)32-11-13-38-14-12-32;1-36(33,34)28-17-6-5-15(24)12-16(17)23(32)30-7-3-2-4-19(30)18-13-21-26-20(25)14-22(31(21)27-18)29-8-10-35-11-9-29;5-4-2-1-3-4;1-2-4-5-3-1;1-2-4-3-1;;/h6-7,15-17,22,30H,2-5,8-14H2,1H3;5-6,12-14,19,28H,2-4,7-11H2,1H3;4H,1-3H2;1-4H2;1H,2-4H2;1H;/q;;;;-1;;+2/p-1/t22-;19-;;;;;/m00...../s1. The third kappa shape index (κ3) is 19.8. The maximum absolute atomic E-state index is 13.9. The van der Waals surface area contributed by atoms with Gasteiger partial charge in [0.25, 0.3) is 11.8 Å². The number of amides is 2. The number of nitrogens with one attached hydrogen (secondary N) is 2. The Labute approximate surface area is 584 Å². The first-order valence-corrected chi connectivity index (χ1v) is 36.8. The molecule has 6 saturated heterocycles. The second kappa shape index (κ2) is 34.1. The van der Waals surface area contributed by atoms with Crippen LogP contribution in [0.4, 0.5) is 28.8 Å². The number of anilines is 5. The van der Waals surface area contributed by atoms with E-state index in [0.717, 1.165) is 124 Å². The molecule has 6 aromatic rings. The van der Waals surface area contributed by atoms with Crippen LogP contribution in [0.25, 0.3) is 11.3 Å². The number of carbonyl (C=O) groups excluding carboxylic acids is 2. The van der Waals surface area contributed by atoms with E-state index in [9.17, 15) is 26.4 Å². The fourth-order valence-electron chi connectivity index (χ4n) is 11.3. The number of rotatable bonds is 11. The number of halogens is 5. The summed E-state index contributed by atoms with van der Waals surface area (Å²) in [4.78, 5) is 48.2. The molecule has 8 aliphatic rings. The van der Waals surface area contributed by atoms with Crippen LogP contribution in [0.15, 0.2) is 60.7 Å². The van der Waals surface area contributed by atoms with E-state index in [1.54, 1.807) is 32.5 Å². The summed E-state index contributed by atoms with van der Waals surface area (Å²) in [5.74, 6) is 2.13. The summed E-state index contributed by atoms with van der Waals surface area (Å²) in [6, 6.07) is 16.3. The Hall–Kier alpha value is -4.00. The van der Waals surface area contributed by atoms with Gasteiger partial charge in [-0.2, -0.15) is 32.1 Å². The SMILES string of the molecule is BrC1CCC1.C1CCOC1.CS(=O)(=O)Nc1ccc(Cl)cc1C(=O)N1CCCC[C@H]1c1cc2nc(Cl)cc(N3CCOCC3)n2n1.CS(=O)(=O)Nc1ccc(Cl)cc1C(=O)N1CCCC[C@H]1c1cc2nc(N3CCC3)cc(N3CCOCC3)n2n1.[Br-].[CH-]1CCC1.[Mg+2]. The molecule has 10 heterocycles. The molecule has 2 aliphatic carbocycles. The second-order valence-electron chi connectivity index (χ2n) is 23.3. The van der Waals surface area contributed by atoms with Crippen molar-refractivity contribution in [2.45, 2.75) is 113 Å². The Bertz CT molecular complexity index is 3630. The third-order valence-electron chi connectivity index (χ3n) is 16.6. The quantitative estimate of drug-likeness (QED) is 0.0553. The molecule has 2 saturated carbocycles. The van der Waals surface area contributed by atoms with Crippen molar-refractivity contribution >= 4 is 146 Å². The average Bonchev–Trinajstić information content (AvgIpc) is 1.74. The van der Waals surface area contributed by atoms with Crippen LogP contribution < -0.4 is 41.1 Å². The molecule has 0 spiro atoms. The van der Waals surface area contributed by atoms with Crippen LogP contribution in [0.1, 0.15) is 140 Å². The zero-order valence-electron chi connectivity index (χ0n) is 51.6. The van der Waals surface area contributed by atoms with Crippen LogP contribution in [0, 0.1) is 6.42 Å². The Kier molecular flexibility index (Phi) is 27.3. The summed E-state index contributed by atoms with van der Waals surface area (Å²) < 4.78 is 72.3. The molecule has 6 aliphatic heterocycles. The molecule has 14 rings (SSSR count). The summed E-state index contributed by atoms with van der Waals surface area (Å²) in [7, 11) is -7.18. The maximum Gasteiger partial charge on any atom is 2.00 e. The van der Waals surface area contributed by atoms with Gasteiger partial charge in [-0.3, -0.25) is 19.0 Å². The number of hydrogen-bond donors (Lipinski definition) is 2. The number of carbonyl (C=O) groups is 2. The smallest absolute Gasteiger partial charge is 1.00 e. The minimum Gasteiger partial charge on any atom is -1.00 e. The van der Waals surface area contributed by atoms with Gasteiger partial charge in [0.05, 0.1) is 84.9 Å². The van der Waals surface area contributed by atoms with Crippen molar-refractivity contribution < 1.29 is 57.6 Å². The van der Waals surface area contributed by atoms with Crippen LogP contribution >= 0.6 is 50.7 Å². The molecule has 22 nitrogen and oxygen atoms in total. The van der Waals surface area contributed by atoms with Gasteiger partial charge in [-0.25, -0.2) is 26.8 Å². The second-order valence-corrected chi connectivity index (χ2v) is 29.4. The van der Waals surface area contributed by atoms with E-state index in [-0.39, 0.29) is 86.4 Å². The van der Waals surface area contributed by atoms with E-state index in [4.69, 9.17) is 64.2 Å². The van der Waals surface area contributed by atoms with E-state index in [1.165, 1.54) is 75.6 Å². The number of sulfonamides is 2. The van der Waals surface area contributed by atoms with Gasteiger partial charge in [-0.05, 0) is 107 Å². The average molecular weight is 1490 g/mol. The van der Waals surface area contributed by atoms with Crippen LogP contribution in [0.3, 0.4) is 0 Å². The molecule has 2 atom stereocenters. The van der Waals surface area contributed by atoms with Gasteiger partial charge < -0.3 is 62.1 Å². The van der Waals surface area contributed by atoms with Crippen LogP contribution in [-0.2, 0) is 34.3 Å². The zero-order valence-corrected chi connectivity index (χ0v) is 60.1. The van der Waals surface area contributed by atoms with E-state index in [0.29, 0.717) is 85.6 Å². The molecule has 492 valence electrons. The van der Waals surface area contributed by atoms with Crippen molar-refractivity contribution in [3.05, 3.63) is 105 Å². The number of piperidine rings is 2. The zero-order chi connectivity index (χ0) is 62.7. The first-order valence-electron chi connectivity index (χ1n) is 30.9. The molecule has 2 amide bonds. The van der Waals surface area contributed by atoms with Crippen molar-refractivity contribution in [1.82, 2.24) is 39.0 Å². The minimum absolute atomic E-state index is 0. The van der Waals surface area contributed by atoms with E-state index < -0.39 is 20.0 Å². The first-order chi connectivity index (χ1) is 42.9. The number of morpholine rings is 2. The van der Waals surface area contributed by atoms with E-state index in [1.807, 2.05) is 16.6 Å². The van der Waals surface area contributed by atoms with Gasteiger partial charge in [0.2, 0.25) is 20.0 Å². The molecule has 4 aromatic heterocycles. The Morgan fingerprint density at radius 2 is 0.967 bits per heavy atom. The number of fused-ring (bicyclic) bond motifs is 2. The fraction of sp³-hybridized carbons (Fsp3) is 0.557. The predicted octanol–water partition coefficient (Wildman–Crippen LogP) is 7.51. The first kappa shape index (κ1) is 72.8. The molecule has 2 aromatic carbocycles. The van der Waals surface area contributed by atoms with E-state index in [2.05, 4.69) is 57.5 Å². The van der Waals surface area contributed by atoms with Crippen molar-refractivity contribution in [1.29, 1.82) is 0 Å². The number of benzene rings is 2. The van der Waals surface area contributed by atoms with Gasteiger partial charge in [0.1, 0.15) is 22.6 Å². The van der Waals surface area contributed by atoms with Crippen LogP contribution in [0.5, 0.6) is 0 Å². The van der Waals surface area contributed by atoms with Gasteiger partial charge in [0, 0.05) is 105 Å². The Balaban J connectivity index is 0.000000189. The molecule has 8 fully saturated rings. The number of aromatic nitrogens is 6. The molecular weight excluding hydrogens is 1410 g/mol. The number of ether oxygens (including phenoxy) is 3. The predicted molar refractivity (Wildman–Crippen MR) is 359 cm³/mol. The summed E-state index contributed by atoms with van der Waals surface area (Å²) in [6.45, 7) is 10.5. The van der Waals surface area contributed by atoms with Crippen molar-refractivity contribution in [2.24, 2.45) is 0 Å². The third-order valence-corrected chi connectivity index (χ3v) is 19.3. The molecule has 91 heavy (non-hydrogen) atoms. The van der Waals surface area contributed by atoms with Crippen molar-refractivity contribution in [3.8, 4) is 0 Å². The maximum atomic E-state index is 13.9.